The molecule has 0 spiro atoms. The topological polar surface area (TPSA) is 83.6 Å². The van der Waals surface area contributed by atoms with Crippen molar-refractivity contribution in [2.75, 3.05) is 6.54 Å². The Balaban J connectivity index is 1.92. The van der Waals surface area contributed by atoms with Crippen LogP contribution in [0.2, 0.25) is 5.15 Å². The minimum Gasteiger partial charge on any atom is -0.480 e. The Morgan fingerprint density at radius 1 is 1.53 bits per heavy atom. The highest BCUT2D eigenvalue weighted by molar-refractivity contribution is 6.29. The molecule has 2 rings (SSSR count). The van der Waals surface area contributed by atoms with E-state index < -0.39 is 12.0 Å². The van der Waals surface area contributed by atoms with Crippen molar-refractivity contribution in [1.82, 2.24) is 10.1 Å². The molecular weight excluding hydrogens is 272 g/mol. The molecule has 1 aromatic heterocycles. The van der Waals surface area contributed by atoms with Crippen LogP contribution in [-0.4, -0.2) is 39.6 Å². The van der Waals surface area contributed by atoms with Gasteiger partial charge in [0.05, 0.1) is 0 Å². The third-order valence-electron chi connectivity index (χ3n) is 3.22. The molecule has 1 aromatic rings. The van der Waals surface area contributed by atoms with Gasteiger partial charge in [-0.25, -0.2) is 4.79 Å². The van der Waals surface area contributed by atoms with Crippen LogP contribution in [0.25, 0.3) is 0 Å². The van der Waals surface area contributed by atoms with Crippen molar-refractivity contribution in [2.24, 2.45) is 0 Å². The molecule has 6 nitrogen and oxygen atoms in total. The van der Waals surface area contributed by atoms with Gasteiger partial charge in [0.15, 0.2) is 5.15 Å². The number of aromatic nitrogens is 1. The van der Waals surface area contributed by atoms with E-state index in [9.17, 15) is 9.59 Å². The Bertz CT molecular complexity index is 474. The standard InChI is InChI=1S/C12H15ClN2O4/c13-10-7-8(19-14-10)4-5-11(16)15-6-2-1-3-9(15)12(17)18/h7,9H,1-6H2,(H,17,18)/t9-/m0/s1. The molecule has 0 saturated carbocycles. The van der Waals surface area contributed by atoms with E-state index in [1.165, 1.54) is 4.90 Å². The maximum atomic E-state index is 12.1. The molecule has 0 bridgehead atoms. The van der Waals surface area contributed by atoms with Crippen LogP contribution < -0.4 is 0 Å². The highest BCUT2D eigenvalue weighted by atomic mass is 35.5. The lowest BCUT2D eigenvalue weighted by molar-refractivity contribution is -0.152. The van der Waals surface area contributed by atoms with E-state index in [0.717, 1.165) is 12.8 Å². The van der Waals surface area contributed by atoms with Crippen LogP contribution in [0.1, 0.15) is 31.4 Å². The summed E-state index contributed by atoms with van der Waals surface area (Å²) < 4.78 is 4.91. The lowest BCUT2D eigenvalue weighted by atomic mass is 10.0. The van der Waals surface area contributed by atoms with Gasteiger partial charge in [0, 0.05) is 25.5 Å². The molecule has 1 N–H and O–H groups in total. The molecule has 19 heavy (non-hydrogen) atoms. The molecule has 7 heteroatoms. The number of rotatable bonds is 4. The zero-order valence-corrected chi connectivity index (χ0v) is 11.1. The van der Waals surface area contributed by atoms with Gasteiger partial charge in [-0.3, -0.25) is 4.79 Å². The number of halogens is 1. The minimum atomic E-state index is -0.934. The molecule has 1 aliphatic rings. The van der Waals surface area contributed by atoms with Crippen molar-refractivity contribution in [3.63, 3.8) is 0 Å². The van der Waals surface area contributed by atoms with E-state index in [4.69, 9.17) is 21.2 Å². The molecule has 0 unspecified atom stereocenters. The van der Waals surface area contributed by atoms with Gasteiger partial charge in [-0.1, -0.05) is 16.8 Å². The number of nitrogens with zero attached hydrogens (tertiary/aromatic N) is 2. The van der Waals surface area contributed by atoms with E-state index in [2.05, 4.69) is 5.16 Å². The fourth-order valence-corrected chi connectivity index (χ4v) is 2.42. The average molecular weight is 287 g/mol. The molecule has 2 heterocycles. The van der Waals surface area contributed by atoms with Crippen LogP contribution in [-0.2, 0) is 16.0 Å². The second kappa shape index (κ2) is 6.06. The summed E-state index contributed by atoms with van der Waals surface area (Å²) in [4.78, 5) is 24.6. The maximum Gasteiger partial charge on any atom is 0.326 e. The van der Waals surface area contributed by atoms with Crippen LogP contribution in [0.5, 0.6) is 0 Å². The van der Waals surface area contributed by atoms with Crippen LogP contribution in [0, 0.1) is 0 Å². The van der Waals surface area contributed by atoms with Gasteiger partial charge in [0.2, 0.25) is 5.91 Å². The first-order chi connectivity index (χ1) is 9.08. The van der Waals surface area contributed by atoms with E-state index in [0.29, 0.717) is 25.1 Å². The molecule has 1 amide bonds. The summed E-state index contributed by atoms with van der Waals surface area (Å²) >= 11 is 5.61. The zero-order valence-electron chi connectivity index (χ0n) is 10.3. The number of piperidine rings is 1. The summed E-state index contributed by atoms with van der Waals surface area (Å²) in [6.07, 6.45) is 2.80. The highest BCUT2D eigenvalue weighted by Gasteiger charge is 2.31. The minimum absolute atomic E-state index is 0.167. The molecule has 1 fully saturated rings. The van der Waals surface area contributed by atoms with Gasteiger partial charge in [-0.05, 0) is 19.3 Å². The number of carbonyl (C=O) groups excluding carboxylic acids is 1. The summed E-state index contributed by atoms with van der Waals surface area (Å²) in [7, 11) is 0. The molecule has 0 aliphatic carbocycles. The first-order valence-corrected chi connectivity index (χ1v) is 6.59. The van der Waals surface area contributed by atoms with E-state index in [1.54, 1.807) is 6.07 Å². The smallest absolute Gasteiger partial charge is 0.326 e. The van der Waals surface area contributed by atoms with Crippen molar-refractivity contribution in [1.29, 1.82) is 0 Å². The third-order valence-corrected chi connectivity index (χ3v) is 3.40. The molecule has 1 atom stereocenters. The van der Waals surface area contributed by atoms with Gasteiger partial charge in [0.25, 0.3) is 0 Å². The van der Waals surface area contributed by atoms with Crippen LogP contribution in [0.4, 0.5) is 0 Å². The molecule has 0 aromatic carbocycles. The fraction of sp³-hybridized carbons (Fsp3) is 0.583. The van der Waals surface area contributed by atoms with Gasteiger partial charge in [0.1, 0.15) is 11.8 Å². The Hall–Kier alpha value is -1.56. The largest absolute Gasteiger partial charge is 0.480 e. The SMILES string of the molecule is O=C(O)[C@@H]1CCCCN1C(=O)CCc1cc(Cl)no1. The monoisotopic (exact) mass is 286 g/mol. The lowest BCUT2D eigenvalue weighted by Gasteiger charge is -2.32. The normalized spacial score (nSPS) is 19.4. The summed E-state index contributed by atoms with van der Waals surface area (Å²) in [5.41, 5.74) is 0. The quantitative estimate of drug-likeness (QED) is 0.911. The van der Waals surface area contributed by atoms with Crippen molar-refractivity contribution in [3.8, 4) is 0 Å². The summed E-state index contributed by atoms with van der Waals surface area (Å²) in [5, 5.41) is 12.9. The Morgan fingerprint density at radius 3 is 2.95 bits per heavy atom. The number of hydrogen-bond acceptors (Lipinski definition) is 4. The predicted molar refractivity (Wildman–Crippen MR) is 66.8 cm³/mol. The first kappa shape index (κ1) is 13.9. The fourth-order valence-electron chi connectivity index (χ4n) is 2.27. The average Bonchev–Trinajstić information content (AvgIpc) is 2.81. The van der Waals surface area contributed by atoms with Crippen molar-refractivity contribution >= 4 is 23.5 Å². The Morgan fingerprint density at radius 2 is 2.32 bits per heavy atom. The van der Waals surface area contributed by atoms with Crippen LogP contribution in [0.15, 0.2) is 10.6 Å². The highest BCUT2D eigenvalue weighted by Crippen LogP contribution is 2.19. The third kappa shape index (κ3) is 3.47. The molecule has 1 aliphatic heterocycles. The zero-order chi connectivity index (χ0) is 13.8. The number of amides is 1. The van der Waals surface area contributed by atoms with Crippen molar-refractivity contribution in [3.05, 3.63) is 17.0 Å². The molecule has 104 valence electrons. The van der Waals surface area contributed by atoms with Crippen LogP contribution >= 0.6 is 11.6 Å². The number of carbonyl (C=O) groups is 2. The van der Waals surface area contributed by atoms with E-state index in [1.807, 2.05) is 0 Å². The lowest BCUT2D eigenvalue weighted by Crippen LogP contribution is -2.48. The maximum absolute atomic E-state index is 12.1. The van der Waals surface area contributed by atoms with Gasteiger partial charge in [-0.2, -0.15) is 0 Å². The summed E-state index contributed by atoms with van der Waals surface area (Å²) in [5.74, 6) is -0.572. The van der Waals surface area contributed by atoms with Crippen molar-refractivity contribution in [2.45, 2.75) is 38.1 Å². The number of hydrogen-bond donors (Lipinski definition) is 1. The number of carboxylic acids is 1. The second-order valence-corrected chi connectivity index (χ2v) is 4.94. The number of aryl methyl sites for hydroxylation is 1. The van der Waals surface area contributed by atoms with Gasteiger partial charge >= 0.3 is 5.97 Å². The molecule has 1 saturated heterocycles. The number of likely N-dealkylation sites (tertiary alicyclic amines) is 1. The Labute approximate surface area is 115 Å². The molecular formula is C12H15ClN2O4. The van der Waals surface area contributed by atoms with Gasteiger partial charge < -0.3 is 14.5 Å². The number of aliphatic carboxylic acids is 1. The predicted octanol–water partition coefficient (Wildman–Crippen LogP) is 1.73. The number of carboxylic acid groups (broad SMARTS) is 1. The summed E-state index contributed by atoms with van der Waals surface area (Å²) in [6.45, 7) is 0.507. The van der Waals surface area contributed by atoms with E-state index >= 15 is 0 Å². The second-order valence-electron chi connectivity index (χ2n) is 4.55. The van der Waals surface area contributed by atoms with Gasteiger partial charge in [-0.15, -0.1) is 0 Å². The summed E-state index contributed by atoms with van der Waals surface area (Å²) in [6, 6.07) is 0.860. The molecule has 0 radical (unpaired) electrons. The van der Waals surface area contributed by atoms with Crippen LogP contribution in [0.3, 0.4) is 0 Å². The van der Waals surface area contributed by atoms with Crippen molar-refractivity contribution < 1.29 is 19.2 Å². The Kier molecular flexibility index (Phi) is 4.42. The first-order valence-electron chi connectivity index (χ1n) is 6.21. The van der Waals surface area contributed by atoms with E-state index in [-0.39, 0.29) is 17.5 Å².